The summed E-state index contributed by atoms with van der Waals surface area (Å²) < 4.78 is 0. The Labute approximate surface area is 94.1 Å². The molecule has 1 rings (SSSR count). The molecular formula is C9H18N4OS. The van der Waals surface area contributed by atoms with Gasteiger partial charge in [-0.1, -0.05) is 11.3 Å². The Kier molecular flexibility index (Phi) is 4.93. The molecular weight excluding hydrogens is 212 g/mol. The molecule has 15 heavy (non-hydrogen) atoms. The van der Waals surface area contributed by atoms with Gasteiger partial charge in [0.1, 0.15) is 5.01 Å². The van der Waals surface area contributed by atoms with Gasteiger partial charge in [-0.05, 0) is 13.8 Å². The molecule has 1 aromatic rings. The number of aliphatic hydroxyl groups excluding tert-OH is 1. The van der Waals surface area contributed by atoms with E-state index in [1.165, 1.54) is 0 Å². The molecule has 2 N–H and O–H groups in total. The lowest BCUT2D eigenvalue weighted by atomic mass is 10.3. The monoisotopic (exact) mass is 230 g/mol. The summed E-state index contributed by atoms with van der Waals surface area (Å²) in [6.07, 6.45) is 0. The zero-order valence-corrected chi connectivity index (χ0v) is 10.2. The molecule has 0 aliphatic rings. The maximum Gasteiger partial charge on any atom is 0.205 e. The smallest absolute Gasteiger partial charge is 0.205 e. The highest BCUT2D eigenvalue weighted by Crippen LogP contribution is 2.16. The van der Waals surface area contributed by atoms with Gasteiger partial charge in [0.05, 0.1) is 13.2 Å². The number of aromatic nitrogens is 2. The molecule has 0 aliphatic heterocycles. The van der Waals surface area contributed by atoms with Crippen LogP contribution >= 0.6 is 11.3 Å². The second kappa shape index (κ2) is 5.99. The van der Waals surface area contributed by atoms with E-state index in [2.05, 4.69) is 34.3 Å². The van der Waals surface area contributed by atoms with Crippen molar-refractivity contribution in [2.75, 3.05) is 25.5 Å². The average Bonchev–Trinajstić information content (AvgIpc) is 2.65. The van der Waals surface area contributed by atoms with Crippen molar-refractivity contribution in [2.45, 2.75) is 26.4 Å². The molecule has 1 aromatic heterocycles. The van der Waals surface area contributed by atoms with E-state index in [1.807, 2.05) is 7.05 Å². The van der Waals surface area contributed by atoms with Crippen molar-refractivity contribution in [3.63, 3.8) is 0 Å². The van der Waals surface area contributed by atoms with Crippen molar-refractivity contribution >= 4 is 16.5 Å². The minimum Gasteiger partial charge on any atom is -0.395 e. The highest BCUT2D eigenvalue weighted by molar-refractivity contribution is 7.15. The van der Waals surface area contributed by atoms with Crippen LogP contribution in [0.25, 0.3) is 0 Å². The van der Waals surface area contributed by atoms with Crippen molar-refractivity contribution in [1.82, 2.24) is 15.1 Å². The molecule has 0 saturated carbocycles. The standard InChI is InChI=1S/C9H18N4OS/c1-7(2)13(4-5-14)6-8-11-12-9(10-3)15-8/h7,14H,4-6H2,1-3H3,(H,10,12). The zero-order valence-electron chi connectivity index (χ0n) is 9.40. The van der Waals surface area contributed by atoms with E-state index in [4.69, 9.17) is 5.11 Å². The zero-order chi connectivity index (χ0) is 11.3. The lowest BCUT2D eigenvalue weighted by molar-refractivity contribution is 0.159. The van der Waals surface area contributed by atoms with Crippen molar-refractivity contribution < 1.29 is 5.11 Å². The predicted octanol–water partition coefficient (Wildman–Crippen LogP) is 0.782. The Bertz CT molecular complexity index is 289. The van der Waals surface area contributed by atoms with E-state index < -0.39 is 0 Å². The molecule has 86 valence electrons. The summed E-state index contributed by atoms with van der Waals surface area (Å²) in [7, 11) is 1.83. The summed E-state index contributed by atoms with van der Waals surface area (Å²) in [6.45, 7) is 5.81. The minimum absolute atomic E-state index is 0.176. The van der Waals surface area contributed by atoms with Gasteiger partial charge in [0.15, 0.2) is 0 Å². The van der Waals surface area contributed by atoms with E-state index in [9.17, 15) is 0 Å². The van der Waals surface area contributed by atoms with Crippen molar-refractivity contribution in [2.24, 2.45) is 0 Å². The summed E-state index contributed by atoms with van der Waals surface area (Å²) in [5.74, 6) is 0. The second-order valence-electron chi connectivity index (χ2n) is 3.54. The van der Waals surface area contributed by atoms with Crippen LogP contribution in [-0.4, -0.2) is 46.4 Å². The van der Waals surface area contributed by atoms with E-state index in [0.29, 0.717) is 12.6 Å². The van der Waals surface area contributed by atoms with Crippen LogP contribution in [0.3, 0.4) is 0 Å². The van der Waals surface area contributed by atoms with E-state index in [-0.39, 0.29) is 6.61 Å². The van der Waals surface area contributed by atoms with Crippen LogP contribution in [-0.2, 0) is 6.54 Å². The lowest BCUT2D eigenvalue weighted by Crippen LogP contribution is -2.32. The van der Waals surface area contributed by atoms with Crippen LogP contribution in [0.5, 0.6) is 0 Å². The number of rotatable bonds is 6. The fraction of sp³-hybridized carbons (Fsp3) is 0.778. The van der Waals surface area contributed by atoms with Gasteiger partial charge in [0.25, 0.3) is 0 Å². The Balaban J connectivity index is 2.57. The van der Waals surface area contributed by atoms with Crippen LogP contribution in [0, 0.1) is 0 Å². The fourth-order valence-corrected chi connectivity index (χ4v) is 1.96. The van der Waals surface area contributed by atoms with E-state index in [1.54, 1.807) is 11.3 Å². The predicted molar refractivity (Wildman–Crippen MR) is 62.1 cm³/mol. The molecule has 0 aromatic carbocycles. The van der Waals surface area contributed by atoms with Gasteiger partial charge < -0.3 is 10.4 Å². The summed E-state index contributed by atoms with van der Waals surface area (Å²) >= 11 is 1.55. The van der Waals surface area contributed by atoms with Crippen LogP contribution in [0.4, 0.5) is 5.13 Å². The van der Waals surface area contributed by atoms with Gasteiger partial charge in [-0.25, -0.2) is 0 Å². The molecule has 0 bridgehead atoms. The molecule has 0 fully saturated rings. The Hall–Kier alpha value is -0.720. The third-order valence-electron chi connectivity index (χ3n) is 2.14. The number of hydrogen-bond donors (Lipinski definition) is 2. The third kappa shape index (κ3) is 3.73. The maximum atomic E-state index is 8.93. The molecule has 0 amide bonds. The maximum absolute atomic E-state index is 8.93. The van der Waals surface area contributed by atoms with Gasteiger partial charge in [0.2, 0.25) is 5.13 Å². The third-order valence-corrected chi connectivity index (χ3v) is 3.06. The Morgan fingerprint density at radius 3 is 2.67 bits per heavy atom. The molecule has 0 radical (unpaired) electrons. The number of anilines is 1. The largest absolute Gasteiger partial charge is 0.395 e. The van der Waals surface area contributed by atoms with E-state index in [0.717, 1.165) is 16.7 Å². The highest BCUT2D eigenvalue weighted by atomic mass is 32.1. The molecule has 0 aliphatic carbocycles. The first-order chi connectivity index (χ1) is 7.17. The van der Waals surface area contributed by atoms with Crippen molar-refractivity contribution in [3.8, 4) is 0 Å². The summed E-state index contributed by atoms with van der Waals surface area (Å²) in [6, 6.07) is 0.402. The summed E-state index contributed by atoms with van der Waals surface area (Å²) in [5.41, 5.74) is 0. The van der Waals surface area contributed by atoms with Gasteiger partial charge in [-0.15, -0.1) is 10.2 Å². The SMILES string of the molecule is CNc1nnc(CN(CCO)C(C)C)s1. The molecule has 5 nitrogen and oxygen atoms in total. The number of hydrogen-bond acceptors (Lipinski definition) is 6. The van der Waals surface area contributed by atoms with Crippen LogP contribution < -0.4 is 5.32 Å². The number of nitrogens with zero attached hydrogens (tertiary/aromatic N) is 3. The first kappa shape index (κ1) is 12.4. The van der Waals surface area contributed by atoms with Crippen LogP contribution in [0.15, 0.2) is 0 Å². The minimum atomic E-state index is 0.176. The molecule has 0 unspecified atom stereocenters. The number of nitrogens with one attached hydrogen (secondary N) is 1. The fourth-order valence-electron chi connectivity index (χ4n) is 1.24. The van der Waals surface area contributed by atoms with Crippen LogP contribution in [0.2, 0.25) is 0 Å². The van der Waals surface area contributed by atoms with Crippen molar-refractivity contribution in [1.29, 1.82) is 0 Å². The van der Waals surface area contributed by atoms with Crippen LogP contribution in [0.1, 0.15) is 18.9 Å². The van der Waals surface area contributed by atoms with Gasteiger partial charge >= 0.3 is 0 Å². The molecule has 0 saturated heterocycles. The van der Waals surface area contributed by atoms with Gasteiger partial charge in [-0.3, -0.25) is 4.90 Å². The Morgan fingerprint density at radius 1 is 1.47 bits per heavy atom. The van der Waals surface area contributed by atoms with E-state index >= 15 is 0 Å². The second-order valence-corrected chi connectivity index (χ2v) is 4.60. The molecule has 6 heteroatoms. The molecule has 1 heterocycles. The van der Waals surface area contributed by atoms with Crippen molar-refractivity contribution in [3.05, 3.63) is 5.01 Å². The molecule has 0 atom stereocenters. The topological polar surface area (TPSA) is 61.3 Å². The number of aliphatic hydroxyl groups is 1. The lowest BCUT2D eigenvalue weighted by Gasteiger charge is -2.23. The Morgan fingerprint density at radius 2 is 2.20 bits per heavy atom. The summed E-state index contributed by atoms with van der Waals surface area (Å²) in [4.78, 5) is 2.17. The molecule has 0 spiro atoms. The first-order valence-electron chi connectivity index (χ1n) is 5.02. The van der Waals surface area contributed by atoms with Gasteiger partial charge in [0, 0.05) is 19.6 Å². The van der Waals surface area contributed by atoms with Gasteiger partial charge in [-0.2, -0.15) is 0 Å². The average molecular weight is 230 g/mol. The normalized spacial score (nSPS) is 11.3. The quantitative estimate of drug-likeness (QED) is 0.756. The summed E-state index contributed by atoms with van der Waals surface area (Å²) in [5, 5.41) is 21.7. The highest BCUT2D eigenvalue weighted by Gasteiger charge is 2.12. The first-order valence-corrected chi connectivity index (χ1v) is 5.84.